The molecule has 0 saturated carbocycles. The first-order valence-electron chi connectivity index (χ1n) is 10.1. The lowest BCUT2D eigenvalue weighted by atomic mass is 9.96. The maximum Gasteiger partial charge on any atom is 0.341 e. The van der Waals surface area contributed by atoms with E-state index in [1.165, 1.54) is 7.11 Å². The van der Waals surface area contributed by atoms with Gasteiger partial charge in [-0.15, -0.1) is 0 Å². The molecule has 0 radical (unpaired) electrons. The minimum Gasteiger partial charge on any atom is -0.465 e. The molecule has 1 atom stereocenters. The van der Waals surface area contributed by atoms with Gasteiger partial charge >= 0.3 is 5.97 Å². The molecule has 1 aliphatic heterocycles. The van der Waals surface area contributed by atoms with Gasteiger partial charge in [0.1, 0.15) is 17.1 Å². The third-order valence-electron chi connectivity index (χ3n) is 5.50. The van der Waals surface area contributed by atoms with Gasteiger partial charge in [0.05, 0.1) is 19.6 Å². The van der Waals surface area contributed by atoms with Crippen molar-refractivity contribution in [2.45, 2.75) is 33.2 Å². The van der Waals surface area contributed by atoms with Gasteiger partial charge in [-0.1, -0.05) is 17.7 Å². The molecule has 1 fully saturated rings. The average Bonchev–Trinajstić information content (AvgIpc) is 3.12. The van der Waals surface area contributed by atoms with Crippen LogP contribution in [0.1, 0.15) is 50.6 Å². The van der Waals surface area contributed by atoms with Crippen LogP contribution < -0.4 is 0 Å². The number of methoxy groups -OCH3 is 1. The zero-order chi connectivity index (χ0) is 21.8. The Kier molecular flexibility index (Phi) is 6.59. The Hall–Kier alpha value is -3.09. The quantitative estimate of drug-likeness (QED) is 0.705. The lowest BCUT2D eigenvalue weighted by molar-refractivity contribution is -0.136. The monoisotopic (exact) mass is 412 g/mol. The van der Waals surface area contributed by atoms with E-state index < -0.39 is 5.97 Å². The molecule has 160 valence electrons. The molecule has 7 heteroatoms. The summed E-state index contributed by atoms with van der Waals surface area (Å²) in [5.41, 5.74) is 2.10. The van der Waals surface area contributed by atoms with E-state index in [0.29, 0.717) is 35.7 Å². The maximum atomic E-state index is 13.0. The number of likely N-dealkylation sites (tertiary alicyclic amines) is 1. The summed E-state index contributed by atoms with van der Waals surface area (Å²) in [6.45, 7) is 4.97. The standard InChI is InChI=1S/C23H28N2O5/c1-15-7-9-17(10-8-15)22(27)25-11-5-6-18(13-25)21(26)24(3)14-19-12-20(16(2)30-19)23(28)29-4/h7-10,12,18H,5-6,11,13-14H2,1-4H3. The summed E-state index contributed by atoms with van der Waals surface area (Å²) < 4.78 is 10.4. The van der Waals surface area contributed by atoms with Gasteiger partial charge in [0.2, 0.25) is 5.91 Å². The highest BCUT2D eigenvalue weighted by Crippen LogP contribution is 2.22. The molecule has 1 saturated heterocycles. The zero-order valence-electron chi connectivity index (χ0n) is 17.9. The molecule has 1 aromatic heterocycles. The lowest BCUT2D eigenvalue weighted by Crippen LogP contribution is -2.45. The Morgan fingerprint density at radius 3 is 2.57 bits per heavy atom. The van der Waals surface area contributed by atoms with Crippen molar-refractivity contribution in [2.24, 2.45) is 5.92 Å². The molecule has 1 aliphatic rings. The summed E-state index contributed by atoms with van der Waals surface area (Å²) in [5.74, 6) is 0.185. The van der Waals surface area contributed by atoms with E-state index in [2.05, 4.69) is 0 Å². The molecule has 2 heterocycles. The summed E-state index contributed by atoms with van der Waals surface area (Å²) in [7, 11) is 3.02. The van der Waals surface area contributed by atoms with Crippen molar-refractivity contribution in [3.8, 4) is 0 Å². The second-order valence-electron chi connectivity index (χ2n) is 7.82. The van der Waals surface area contributed by atoms with Crippen LogP contribution in [0, 0.1) is 19.8 Å². The number of carbonyl (C=O) groups is 3. The molecular weight excluding hydrogens is 384 g/mol. The minimum absolute atomic E-state index is 0.0370. The largest absolute Gasteiger partial charge is 0.465 e. The number of esters is 1. The number of carbonyl (C=O) groups excluding carboxylic acids is 3. The van der Waals surface area contributed by atoms with Crippen LogP contribution in [0.2, 0.25) is 0 Å². The maximum absolute atomic E-state index is 13.0. The molecule has 30 heavy (non-hydrogen) atoms. The Morgan fingerprint density at radius 2 is 1.90 bits per heavy atom. The Labute approximate surface area is 176 Å². The van der Waals surface area contributed by atoms with Crippen molar-refractivity contribution in [3.63, 3.8) is 0 Å². The average molecular weight is 412 g/mol. The summed E-state index contributed by atoms with van der Waals surface area (Å²) in [6, 6.07) is 9.10. The number of ether oxygens (including phenoxy) is 1. The van der Waals surface area contributed by atoms with Crippen LogP contribution in [0.5, 0.6) is 0 Å². The van der Waals surface area contributed by atoms with E-state index >= 15 is 0 Å². The normalized spacial score (nSPS) is 16.3. The number of hydrogen-bond donors (Lipinski definition) is 0. The minimum atomic E-state index is -0.464. The predicted molar refractivity (Wildman–Crippen MR) is 111 cm³/mol. The van der Waals surface area contributed by atoms with Crippen molar-refractivity contribution in [2.75, 3.05) is 27.2 Å². The first-order chi connectivity index (χ1) is 14.3. The molecule has 0 aliphatic carbocycles. The van der Waals surface area contributed by atoms with Crippen molar-refractivity contribution >= 4 is 17.8 Å². The van der Waals surface area contributed by atoms with Gasteiger partial charge in [0.15, 0.2) is 0 Å². The molecular formula is C23H28N2O5. The van der Waals surface area contributed by atoms with Crippen molar-refractivity contribution in [1.82, 2.24) is 9.80 Å². The molecule has 2 aromatic rings. The second kappa shape index (κ2) is 9.15. The predicted octanol–water partition coefficient (Wildman–Crippen LogP) is 3.19. The third kappa shape index (κ3) is 4.72. The smallest absolute Gasteiger partial charge is 0.341 e. The number of rotatable bonds is 5. The van der Waals surface area contributed by atoms with Gasteiger partial charge in [0.25, 0.3) is 5.91 Å². The zero-order valence-corrected chi connectivity index (χ0v) is 17.9. The number of piperidine rings is 1. The lowest BCUT2D eigenvalue weighted by Gasteiger charge is -2.34. The Balaban J connectivity index is 1.63. The summed E-state index contributed by atoms with van der Waals surface area (Å²) in [4.78, 5) is 40.9. The van der Waals surface area contributed by atoms with E-state index in [4.69, 9.17) is 9.15 Å². The fourth-order valence-corrected chi connectivity index (χ4v) is 3.80. The first kappa shape index (κ1) is 21.6. The highest BCUT2D eigenvalue weighted by molar-refractivity contribution is 5.94. The van der Waals surface area contributed by atoms with Crippen LogP contribution in [0.25, 0.3) is 0 Å². The number of amides is 2. The number of furan rings is 1. The fourth-order valence-electron chi connectivity index (χ4n) is 3.80. The number of nitrogens with zero attached hydrogens (tertiary/aromatic N) is 2. The summed E-state index contributed by atoms with van der Waals surface area (Å²) in [5, 5.41) is 0. The van der Waals surface area contributed by atoms with Crippen LogP contribution in [0.15, 0.2) is 34.7 Å². The molecule has 1 unspecified atom stereocenters. The number of aryl methyl sites for hydroxylation is 2. The fraction of sp³-hybridized carbons (Fsp3) is 0.435. The van der Waals surface area contributed by atoms with Crippen molar-refractivity contribution < 1.29 is 23.5 Å². The SMILES string of the molecule is COC(=O)c1cc(CN(C)C(=O)C2CCCN(C(=O)c3ccc(C)cc3)C2)oc1C. The number of benzene rings is 1. The van der Waals surface area contributed by atoms with Crippen LogP contribution in [-0.4, -0.2) is 54.8 Å². The van der Waals surface area contributed by atoms with Gasteiger partial charge in [-0.2, -0.15) is 0 Å². The summed E-state index contributed by atoms with van der Waals surface area (Å²) in [6.07, 6.45) is 1.53. The van der Waals surface area contributed by atoms with Gasteiger partial charge in [-0.05, 0) is 44.9 Å². The molecule has 1 aromatic carbocycles. The van der Waals surface area contributed by atoms with Gasteiger partial charge in [-0.3, -0.25) is 9.59 Å². The van der Waals surface area contributed by atoms with E-state index in [9.17, 15) is 14.4 Å². The molecule has 7 nitrogen and oxygen atoms in total. The highest BCUT2D eigenvalue weighted by Gasteiger charge is 2.31. The van der Waals surface area contributed by atoms with E-state index in [0.717, 1.165) is 18.4 Å². The molecule has 0 bridgehead atoms. The second-order valence-corrected chi connectivity index (χ2v) is 7.82. The highest BCUT2D eigenvalue weighted by atomic mass is 16.5. The van der Waals surface area contributed by atoms with E-state index in [1.54, 1.807) is 29.8 Å². The Morgan fingerprint density at radius 1 is 1.20 bits per heavy atom. The van der Waals surface area contributed by atoms with Crippen LogP contribution in [0.3, 0.4) is 0 Å². The van der Waals surface area contributed by atoms with Crippen LogP contribution >= 0.6 is 0 Å². The molecule has 3 rings (SSSR count). The van der Waals surface area contributed by atoms with E-state index in [1.807, 2.05) is 31.2 Å². The van der Waals surface area contributed by atoms with Crippen molar-refractivity contribution in [3.05, 3.63) is 58.5 Å². The van der Waals surface area contributed by atoms with Crippen molar-refractivity contribution in [1.29, 1.82) is 0 Å². The Bertz CT molecular complexity index is 932. The first-order valence-corrected chi connectivity index (χ1v) is 10.1. The van der Waals surface area contributed by atoms with E-state index in [-0.39, 0.29) is 24.3 Å². The third-order valence-corrected chi connectivity index (χ3v) is 5.50. The molecule has 0 spiro atoms. The van der Waals surface area contributed by atoms with Gasteiger partial charge in [-0.25, -0.2) is 4.79 Å². The van der Waals surface area contributed by atoms with Gasteiger partial charge < -0.3 is 19.0 Å². The van der Waals surface area contributed by atoms with Gasteiger partial charge in [0, 0.05) is 25.7 Å². The number of hydrogen-bond acceptors (Lipinski definition) is 5. The van der Waals surface area contributed by atoms with Crippen LogP contribution in [-0.2, 0) is 16.1 Å². The molecule has 0 N–H and O–H groups in total. The topological polar surface area (TPSA) is 80.1 Å². The van der Waals surface area contributed by atoms with Crippen LogP contribution in [0.4, 0.5) is 0 Å². The molecule has 2 amide bonds. The summed E-state index contributed by atoms with van der Waals surface area (Å²) >= 11 is 0.